The summed E-state index contributed by atoms with van der Waals surface area (Å²) in [7, 11) is 0. The minimum Gasteiger partial charge on any atom is -0.298 e. The molecule has 0 spiro atoms. The maximum absolute atomic E-state index is 11.5. The average Bonchev–Trinajstić information content (AvgIpc) is 2.17. The number of carbonyl (C=O) groups is 2. The van der Waals surface area contributed by atoms with Gasteiger partial charge in [-0.25, -0.2) is 0 Å². The first-order valence-corrected chi connectivity index (χ1v) is 5.46. The first-order chi connectivity index (χ1) is 6.69. The molecule has 0 radical (unpaired) electrons. The highest BCUT2D eigenvalue weighted by Gasteiger charge is 2.08. The Morgan fingerprint density at radius 1 is 1.50 bits per heavy atom. The minimum absolute atomic E-state index is 0.108. The second-order valence-corrected chi connectivity index (χ2v) is 3.85. The van der Waals surface area contributed by atoms with Gasteiger partial charge in [0.1, 0.15) is 6.29 Å². The molecule has 0 bridgehead atoms. The Morgan fingerprint density at radius 3 is 2.71 bits per heavy atom. The van der Waals surface area contributed by atoms with Gasteiger partial charge in [-0.15, -0.1) is 0 Å². The van der Waals surface area contributed by atoms with Crippen molar-refractivity contribution >= 4 is 28.0 Å². The van der Waals surface area contributed by atoms with Crippen LogP contribution in [0.25, 0.3) is 0 Å². The minimum atomic E-state index is 0.108. The topological polar surface area (TPSA) is 34.1 Å². The summed E-state index contributed by atoms with van der Waals surface area (Å²) in [5.74, 6) is 0.108. The van der Waals surface area contributed by atoms with Crippen LogP contribution in [0.1, 0.15) is 32.7 Å². The first kappa shape index (κ1) is 11.1. The predicted molar refractivity (Wildman–Crippen MR) is 59.3 cm³/mol. The molecule has 0 aliphatic heterocycles. The van der Waals surface area contributed by atoms with Gasteiger partial charge >= 0.3 is 0 Å². The number of rotatable bonds is 4. The summed E-state index contributed by atoms with van der Waals surface area (Å²) in [5, 5.41) is 0.667. The summed E-state index contributed by atoms with van der Waals surface area (Å²) in [4.78, 5) is 22.0. The molecule has 0 saturated carbocycles. The van der Waals surface area contributed by atoms with Crippen LogP contribution >= 0.6 is 15.9 Å². The van der Waals surface area contributed by atoms with E-state index in [-0.39, 0.29) is 5.78 Å². The van der Waals surface area contributed by atoms with Crippen molar-refractivity contribution in [1.29, 1.82) is 0 Å². The number of benzene rings is 1. The van der Waals surface area contributed by atoms with E-state index in [0.29, 0.717) is 22.9 Å². The van der Waals surface area contributed by atoms with Crippen molar-refractivity contribution in [2.75, 3.05) is 5.33 Å². The maximum Gasteiger partial charge on any atom is 0.163 e. The Hall–Kier alpha value is -0.960. The predicted octanol–water partition coefficient (Wildman–Crippen LogP) is 2.78. The molecule has 1 aromatic rings. The van der Waals surface area contributed by atoms with E-state index in [1.54, 1.807) is 18.2 Å². The smallest absolute Gasteiger partial charge is 0.163 e. The molecule has 0 aromatic heterocycles. The van der Waals surface area contributed by atoms with Gasteiger partial charge in [-0.1, -0.05) is 28.1 Å². The molecule has 0 unspecified atom stereocenters. The number of hydrogen-bond acceptors (Lipinski definition) is 2. The Labute approximate surface area is 91.4 Å². The molecule has 0 fully saturated rings. The van der Waals surface area contributed by atoms with Gasteiger partial charge in [0.05, 0.1) is 0 Å². The molecule has 0 amide bonds. The molecule has 0 saturated heterocycles. The Kier molecular flexibility index (Phi) is 4.01. The number of halogens is 1. The van der Waals surface area contributed by atoms with E-state index in [1.807, 2.05) is 6.92 Å². The van der Waals surface area contributed by atoms with Crippen LogP contribution in [-0.2, 0) is 0 Å². The van der Waals surface area contributed by atoms with Crippen LogP contribution in [0.15, 0.2) is 18.2 Å². The van der Waals surface area contributed by atoms with Gasteiger partial charge in [0.15, 0.2) is 5.78 Å². The van der Waals surface area contributed by atoms with Crippen LogP contribution in [0.4, 0.5) is 0 Å². The Balaban J connectivity index is 2.99. The van der Waals surface area contributed by atoms with Crippen molar-refractivity contribution < 1.29 is 9.59 Å². The summed E-state index contributed by atoms with van der Waals surface area (Å²) in [6.45, 7) is 1.84. The lowest BCUT2D eigenvalue weighted by Gasteiger charge is -2.03. The van der Waals surface area contributed by atoms with E-state index in [4.69, 9.17) is 0 Å². The number of aldehydes is 1. The van der Waals surface area contributed by atoms with E-state index < -0.39 is 0 Å². The van der Waals surface area contributed by atoms with E-state index in [2.05, 4.69) is 15.9 Å². The van der Waals surface area contributed by atoms with Crippen molar-refractivity contribution in [3.8, 4) is 0 Å². The van der Waals surface area contributed by atoms with Crippen LogP contribution in [0, 0.1) is 6.92 Å². The molecule has 2 nitrogen and oxygen atoms in total. The van der Waals surface area contributed by atoms with Crippen LogP contribution in [0.3, 0.4) is 0 Å². The molecule has 0 heterocycles. The fourth-order valence-electron chi connectivity index (χ4n) is 1.29. The Morgan fingerprint density at radius 2 is 2.21 bits per heavy atom. The van der Waals surface area contributed by atoms with Gasteiger partial charge in [-0.3, -0.25) is 9.59 Å². The van der Waals surface area contributed by atoms with Crippen molar-refractivity contribution in [3.63, 3.8) is 0 Å². The van der Waals surface area contributed by atoms with Crippen LogP contribution in [-0.4, -0.2) is 17.4 Å². The standard InChI is InChI=1S/C11H11BrO2/c1-8-6-9(7-13)2-3-10(8)11(14)4-5-12/h2-3,6-7H,4-5H2,1H3. The highest BCUT2D eigenvalue weighted by molar-refractivity contribution is 9.09. The molecule has 14 heavy (non-hydrogen) atoms. The molecular formula is C11H11BrO2. The highest BCUT2D eigenvalue weighted by atomic mass is 79.9. The van der Waals surface area contributed by atoms with E-state index >= 15 is 0 Å². The van der Waals surface area contributed by atoms with Gasteiger partial charge < -0.3 is 0 Å². The van der Waals surface area contributed by atoms with Gasteiger partial charge in [0.25, 0.3) is 0 Å². The quantitative estimate of drug-likeness (QED) is 0.471. The number of ketones is 1. The van der Waals surface area contributed by atoms with Crippen molar-refractivity contribution in [2.24, 2.45) is 0 Å². The van der Waals surface area contributed by atoms with E-state index in [1.165, 1.54) is 0 Å². The van der Waals surface area contributed by atoms with Gasteiger partial charge in [0.2, 0.25) is 0 Å². The largest absolute Gasteiger partial charge is 0.298 e. The molecule has 0 aliphatic carbocycles. The van der Waals surface area contributed by atoms with Crippen molar-refractivity contribution in [2.45, 2.75) is 13.3 Å². The summed E-state index contributed by atoms with van der Waals surface area (Å²) in [6, 6.07) is 5.11. The second-order valence-electron chi connectivity index (χ2n) is 3.05. The lowest BCUT2D eigenvalue weighted by Crippen LogP contribution is -2.02. The van der Waals surface area contributed by atoms with Crippen LogP contribution in [0.5, 0.6) is 0 Å². The van der Waals surface area contributed by atoms with Crippen LogP contribution in [0.2, 0.25) is 0 Å². The average molecular weight is 255 g/mol. The zero-order valence-electron chi connectivity index (χ0n) is 7.92. The zero-order valence-corrected chi connectivity index (χ0v) is 9.50. The number of alkyl halides is 1. The molecule has 3 heteroatoms. The number of hydrogen-bond donors (Lipinski definition) is 0. The summed E-state index contributed by atoms with van der Waals surface area (Å²) in [6.07, 6.45) is 1.27. The monoisotopic (exact) mass is 254 g/mol. The number of Topliss-reactive ketones (excluding diaryl/α,β-unsaturated/α-hetero) is 1. The van der Waals surface area contributed by atoms with Crippen LogP contribution < -0.4 is 0 Å². The van der Waals surface area contributed by atoms with Gasteiger partial charge in [-0.05, 0) is 18.6 Å². The summed E-state index contributed by atoms with van der Waals surface area (Å²) in [5.41, 5.74) is 2.17. The molecular weight excluding hydrogens is 244 g/mol. The van der Waals surface area contributed by atoms with Crippen molar-refractivity contribution in [1.82, 2.24) is 0 Å². The molecule has 1 aromatic carbocycles. The molecule has 0 aliphatic rings. The lowest BCUT2D eigenvalue weighted by molar-refractivity contribution is 0.0988. The highest BCUT2D eigenvalue weighted by Crippen LogP contribution is 2.12. The second kappa shape index (κ2) is 5.05. The maximum atomic E-state index is 11.5. The van der Waals surface area contributed by atoms with E-state index in [0.717, 1.165) is 11.8 Å². The number of carbonyl (C=O) groups excluding carboxylic acids is 2. The Bertz CT molecular complexity index is 358. The third-order valence-electron chi connectivity index (χ3n) is 2.01. The zero-order chi connectivity index (χ0) is 10.6. The van der Waals surface area contributed by atoms with E-state index in [9.17, 15) is 9.59 Å². The normalized spacial score (nSPS) is 9.86. The summed E-state index contributed by atoms with van der Waals surface area (Å²) >= 11 is 3.22. The first-order valence-electron chi connectivity index (χ1n) is 4.34. The molecule has 0 atom stereocenters. The van der Waals surface area contributed by atoms with Gasteiger partial charge in [-0.2, -0.15) is 0 Å². The fraction of sp³-hybridized carbons (Fsp3) is 0.273. The van der Waals surface area contributed by atoms with Gasteiger partial charge in [0, 0.05) is 22.9 Å². The molecule has 74 valence electrons. The lowest BCUT2D eigenvalue weighted by atomic mass is 10.0. The number of aryl methyl sites for hydroxylation is 1. The molecule has 0 N–H and O–H groups in total. The van der Waals surface area contributed by atoms with Crippen molar-refractivity contribution in [3.05, 3.63) is 34.9 Å². The summed E-state index contributed by atoms with van der Waals surface area (Å²) < 4.78 is 0. The molecule has 1 rings (SSSR count). The SMILES string of the molecule is Cc1cc(C=O)ccc1C(=O)CCBr. The third kappa shape index (κ3) is 2.51. The fourth-order valence-corrected chi connectivity index (χ4v) is 1.65. The third-order valence-corrected chi connectivity index (χ3v) is 2.41.